The summed E-state index contributed by atoms with van der Waals surface area (Å²) in [5.41, 5.74) is 0.152. The van der Waals surface area contributed by atoms with Gasteiger partial charge in [0.15, 0.2) is 8.32 Å². The molecule has 1 aliphatic rings. The molecule has 2 aromatic rings. The summed E-state index contributed by atoms with van der Waals surface area (Å²) in [6.45, 7) is 11.8. The highest BCUT2D eigenvalue weighted by Gasteiger charge is 2.41. The minimum atomic E-state index is -1.89. The normalized spacial score (nSPS) is 21.7. The van der Waals surface area contributed by atoms with E-state index in [9.17, 15) is 9.59 Å². The second-order valence-electron chi connectivity index (χ2n) is 9.73. The lowest BCUT2D eigenvalue weighted by Crippen LogP contribution is -2.43. The van der Waals surface area contributed by atoms with Gasteiger partial charge in [0.05, 0.1) is 26.4 Å². The second-order valence-corrected chi connectivity index (χ2v) is 16.1. The van der Waals surface area contributed by atoms with Gasteiger partial charge in [-0.05, 0) is 35.8 Å². The third kappa shape index (κ3) is 5.55. The average Bonchev–Trinajstić information content (AvgIpc) is 3.09. The Morgan fingerprint density at radius 1 is 1.16 bits per heavy atom. The lowest BCUT2D eigenvalue weighted by Gasteiger charge is -2.37. The van der Waals surface area contributed by atoms with Gasteiger partial charge < -0.3 is 13.9 Å². The molecule has 2 heterocycles. The fourth-order valence-corrected chi connectivity index (χ4v) is 5.15. The molecule has 176 valence electrons. The molecule has 0 amide bonds. The van der Waals surface area contributed by atoms with Crippen LogP contribution in [0.4, 0.5) is 0 Å². The van der Waals surface area contributed by atoms with E-state index in [1.165, 1.54) is 15.2 Å². The van der Waals surface area contributed by atoms with Gasteiger partial charge in [0.2, 0.25) is 0 Å². The van der Waals surface area contributed by atoms with Crippen LogP contribution < -0.4 is 16.0 Å². The molecule has 0 radical (unpaired) electrons. The Hall–Kier alpha value is -1.43. The number of ether oxygens (including phenoxy) is 2. The molecule has 1 fully saturated rings. The predicted molar refractivity (Wildman–Crippen MR) is 137 cm³/mol. The van der Waals surface area contributed by atoms with Crippen molar-refractivity contribution in [2.24, 2.45) is 0 Å². The first-order valence-corrected chi connectivity index (χ1v) is 15.0. The highest BCUT2D eigenvalue weighted by molar-refractivity contribution is 14.1. The van der Waals surface area contributed by atoms with Crippen LogP contribution in [0.1, 0.15) is 39.0 Å². The largest absolute Gasteiger partial charge is 0.497 e. The van der Waals surface area contributed by atoms with E-state index in [0.717, 1.165) is 11.3 Å². The minimum Gasteiger partial charge on any atom is -0.497 e. The average molecular weight is 573 g/mol. The standard InChI is InChI=1S/C23H33IN2O5Si/c1-23(2,3)32(5,6)30-15-19-18(24)13-21(31-19)25-12-11-20(27)26(22(25)28)14-16-7-9-17(29-4)10-8-16/h7-12,18-19,21H,13-15H2,1-6H3/t18-,19-,21-/m1/s1. The monoisotopic (exact) mass is 572 g/mol. The van der Waals surface area contributed by atoms with Gasteiger partial charge in [-0.1, -0.05) is 55.5 Å². The number of aromatic nitrogens is 2. The molecule has 0 aliphatic carbocycles. The Morgan fingerprint density at radius 2 is 1.81 bits per heavy atom. The molecule has 7 nitrogen and oxygen atoms in total. The maximum Gasteiger partial charge on any atom is 0.333 e. The molecule has 0 bridgehead atoms. The van der Waals surface area contributed by atoms with Crippen LogP contribution >= 0.6 is 22.6 Å². The van der Waals surface area contributed by atoms with Crippen molar-refractivity contribution in [2.45, 2.75) is 68.1 Å². The number of alkyl halides is 1. The summed E-state index contributed by atoms with van der Waals surface area (Å²) in [6.07, 6.45) is 1.72. The molecule has 1 aliphatic heterocycles. The lowest BCUT2D eigenvalue weighted by molar-refractivity contribution is -0.0213. The Balaban J connectivity index is 1.76. The van der Waals surface area contributed by atoms with Gasteiger partial charge in [0, 0.05) is 22.6 Å². The van der Waals surface area contributed by atoms with Gasteiger partial charge in [-0.2, -0.15) is 0 Å². The highest BCUT2D eigenvalue weighted by atomic mass is 127. The maximum atomic E-state index is 13.2. The van der Waals surface area contributed by atoms with Gasteiger partial charge in [-0.3, -0.25) is 13.9 Å². The molecule has 3 atom stereocenters. The molecular formula is C23H33IN2O5Si. The molecule has 0 saturated carbocycles. The number of hydrogen-bond donors (Lipinski definition) is 0. The minimum absolute atomic E-state index is 0.0939. The fraction of sp³-hybridized carbons (Fsp3) is 0.565. The van der Waals surface area contributed by atoms with Crippen LogP contribution in [0.5, 0.6) is 5.75 Å². The predicted octanol–water partition coefficient (Wildman–Crippen LogP) is 4.18. The second kappa shape index (κ2) is 9.82. The first kappa shape index (κ1) is 25.2. The van der Waals surface area contributed by atoms with Gasteiger partial charge >= 0.3 is 5.69 Å². The van der Waals surface area contributed by atoms with Gasteiger partial charge in [-0.15, -0.1) is 0 Å². The summed E-state index contributed by atoms with van der Waals surface area (Å²) >= 11 is 2.38. The van der Waals surface area contributed by atoms with Crippen LogP contribution in [-0.2, 0) is 15.7 Å². The van der Waals surface area contributed by atoms with Gasteiger partial charge in [0.1, 0.15) is 12.0 Å². The number of rotatable bonds is 7. The summed E-state index contributed by atoms with van der Waals surface area (Å²) in [7, 11) is -0.288. The number of benzene rings is 1. The van der Waals surface area contributed by atoms with Crippen molar-refractivity contribution in [3.63, 3.8) is 0 Å². The Labute approximate surface area is 204 Å². The smallest absolute Gasteiger partial charge is 0.333 e. The first-order valence-electron chi connectivity index (χ1n) is 10.8. The molecule has 0 unspecified atom stereocenters. The van der Waals surface area contributed by atoms with Crippen molar-refractivity contribution in [2.75, 3.05) is 13.7 Å². The molecule has 32 heavy (non-hydrogen) atoms. The number of halogens is 1. The van der Waals surface area contributed by atoms with E-state index in [-0.39, 0.29) is 32.9 Å². The Kier molecular flexibility index (Phi) is 7.73. The van der Waals surface area contributed by atoms with Crippen LogP contribution in [-0.4, -0.2) is 41.2 Å². The van der Waals surface area contributed by atoms with E-state index in [1.807, 2.05) is 24.3 Å². The van der Waals surface area contributed by atoms with Crippen molar-refractivity contribution in [1.82, 2.24) is 9.13 Å². The SMILES string of the molecule is COc1ccc(Cn2c(=O)ccn([C@H]3C[C@@H](I)[C@@H](CO[Si](C)(C)C(C)(C)C)O3)c2=O)cc1. The van der Waals surface area contributed by atoms with E-state index in [4.69, 9.17) is 13.9 Å². The number of methoxy groups -OCH3 is 1. The lowest BCUT2D eigenvalue weighted by atomic mass is 10.2. The van der Waals surface area contributed by atoms with E-state index >= 15 is 0 Å². The van der Waals surface area contributed by atoms with E-state index in [2.05, 4.69) is 56.5 Å². The van der Waals surface area contributed by atoms with Crippen molar-refractivity contribution in [1.29, 1.82) is 0 Å². The third-order valence-electron chi connectivity index (χ3n) is 6.48. The van der Waals surface area contributed by atoms with Crippen molar-refractivity contribution in [3.8, 4) is 5.75 Å². The van der Waals surface area contributed by atoms with Crippen LogP contribution in [0.2, 0.25) is 18.1 Å². The summed E-state index contributed by atoms with van der Waals surface area (Å²) in [6, 6.07) is 8.76. The van der Waals surface area contributed by atoms with Crippen molar-refractivity contribution >= 4 is 30.9 Å². The molecule has 9 heteroatoms. The van der Waals surface area contributed by atoms with E-state index < -0.39 is 14.5 Å². The Morgan fingerprint density at radius 3 is 2.41 bits per heavy atom. The van der Waals surface area contributed by atoms with E-state index in [1.54, 1.807) is 13.3 Å². The van der Waals surface area contributed by atoms with Crippen LogP contribution in [0, 0.1) is 0 Å². The van der Waals surface area contributed by atoms with Gasteiger partial charge in [-0.25, -0.2) is 4.79 Å². The number of hydrogen-bond acceptors (Lipinski definition) is 5. The number of nitrogens with zero attached hydrogens (tertiary/aromatic N) is 2. The summed E-state index contributed by atoms with van der Waals surface area (Å²) < 4.78 is 20.8. The molecule has 1 aromatic carbocycles. The van der Waals surface area contributed by atoms with Crippen LogP contribution in [0.25, 0.3) is 0 Å². The third-order valence-corrected chi connectivity index (χ3v) is 12.3. The molecule has 3 rings (SSSR count). The molecule has 1 aromatic heterocycles. The fourth-order valence-electron chi connectivity index (χ4n) is 3.33. The summed E-state index contributed by atoms with van der Waals surface area (Å²) in [4.78, 5) is 25.6. The molecule has 0 N–H and O–H groups in total. The first-order chi connectivity index (χ1) is 14.9. The van der Waals surface area contributed by atoms with Gasteiger partial charge in [0.25, 0.3) is 5.56 Å². The van der Waals surface area contributed by atoms with Crippen LogP contribution in [0.15, 0.2) is 46.1 Å². The van der Waals surface area contributed by atoms with E-state index in [0.29, 0.717) is 13.0 Å². The topological polar surface area (TPSA) is 71.7 Å². The quantitative estimate of drug-likeness (QED) is 0.283. The van der Waals surface area contributed by atoms with Crippen molar-refractivity contribution in [3.05, 3.63) is 62.9 Å². The van der Waals surface area contributed by atoms with Crippen LogP contribution in [0.3, 0.4) is 0 Å². The summed E-state index contributed by atoms with van der Waals surface area (Å²) in [5, 5.41) is 0.125. The summed E-state index contributed by atoms with van der Waals surface area (Å²) in [5.74, 6) is 0.727. The molecule has 1 saturated heterocycles. The zero-order chi connectivity index (χ0) is 23.7. The Bertz CT molecular complexity index is 1040. The zero-order valence-corrected chi connectivity index (χ0v) is 22.8. The van der Waals surface area contributed by atoms with Crippen molar-refractivity contribution < 1.29 is 13.9 Å². The highest BCUT2D eigenvalue weighted by Crippen LogP contribution is 2.38. The maximum absolute atomic E-state index is 13.2. The molecular weight excluding hydrogens is 539 g/mol. The molecule has 0 spiro atoms. The zero-order valence-electron chi connectivity index (χ0n) is 19.6.